The van der Waals surface area contributed by atoms with Gasteiger partial charge >= 0.3 is 0 Å². The van der Waals surface area contributed by atoms with Crippen LogP contribution in [-0.4, -0.2) is 96.5 Å². The maximum Gasteiger partial charge on any atom is 0.112 e. The second kappa shape index (κ2) is 10.6. The zero-order valence-corrected chi connectivity index (χ0v) is 11.2. The van der Waals surface area contributed by atoms with Crippen LogP contribution in [0.1, 0.15) is 28.2 Å². The minimum absolute atomic E-state index is 0. The van der Waals surface area contributed by atoms with Crippen LogP contribution in [0.15, 0.2) is 0 Å². The average molecular weight is 318 g/mol. The number of hydrogen-bond donors (Lipinski definition) is 5. The van der Waals surface area contributed by atoms with Gasteiger partial charge in [0.25, 0.3) is 0 Å². The van der Waals surface area contributed by atoms with Crippen molar-refractivity contribution in [1.82, 2.24) is 0 Å². The quantitative estimate of drug-likeness (QED) is 0.369. The standard InChI is InChI=1S/C6H11BO3.C5H9BO4.2CH4/c1-2-3-4(8)5(9)6(7)10-3;6-5-4(9)3(8)2(1-7)10-5;;/h3-6,8-9H,2H2,1H3;2-5,7-9H,1H2;2*1H4/t3-,4-,5-,6-;2-,3-,4-,5-;;/m11../s1. The molecule has 0 unspecified atom stereocenters. The predicted octanol–water partition coefficient (Wildman–Crippen LogP) is -2.12. The zero-order chi connectivity index (χ0) is 15.4. The Kier molecular flexibility index (Phi) is 11.6. The second-order valence-electron chi connectivity index (χ2n) is 4.83. The molecule has 22 heavy (non-hydrogen) atoms. The molecule has 0 spiro atoms. The van der Waals surface area contributed by atoms with E-state index < -0.39 is 42.5 Å². The molecular formula is C13H28B2O7. The summed E-state index contributed by atoms with van der Waals surface area (Å²) in [6, 6.07) is -1.60. The largest absolute Gasteiger partial charge is 0.394 e. The smallest absolute Gasteiger partial charge is 0.112 e. The van der Waals surface area contributed by atoms with Crippen LogP contribution in [0.3, 0.4) is 0 Å². The van der Waals surface area contributed by atoms with E-state index >= 15 is 0 Å². The summed E-state index contributed by atoms with van der Waals surface area (Å²) in [6.07, 6.45) is -4.27. The van der Waals surface area contributed by atoms with E-state index in [1.165, 1.54) is 0 Å². The van der Waals surface area contributed by atoms with E-state index in [0.29, 0.717) is 6.42 Å². The van der Waals surface area contributed by atoms with Gasteiger partial charge in [-0.05, 0) is 6.42 Å². The first-order chi connectivity index (χ1) is 9.33. The first kappa shape index (κ1) is 24.1. The number of rotatable bonds is 2. The van der Waals surface area contributed by atoms with E-state index in [1.54, 1.807) is 0 Å². The summed E-state index contributed by atoms with van der Waals surface area (Å²) < 4.78 is 9.78. The van der Waals surface area contributed by atoms with E-state index in [9.17, 15) is 5.11 Å². The molecule has 0 aromatic carbocycles. The molecule has 2 saturated heterocycles. The Labute approximate surface area is 135 Å². The van der Waals surface area contributed by atoms with Gasteiger partial charge < -0.3 is 35.0 Å². The van der Waals surface area contributed by atoms with Crippen molar-refractivity contribution in [2.45, 2.75) is 76.8 Å². The fourth-order valence-corrected chi connectivity index (χ4v) is 2.04. The highest BCUT2D eigenvalue weighted by atomic mass is 16.5. The van der Waals surface area contributed by atoms with Crippen molar-refractivity contribution >= 4 is 15.7 Å². The molecule has 8 atom stereocenters. The topological polar surface area (TPSA) is 120 Å². The molecule has 2 fully saturated rings. The highest BCUT2D eigenvalue weighted by molar-refractivity contribution is 6.11. The van der Waals surface area contributed by atoms with Crippen molar-refractivity contribution in [3.8, 4) is 0 Å². The summed E-state index contributed by atoms with van der Waals surface area (Å²) in [5.74, 6) is 0. The van der Waals surface area contributed by atoms with Gasteiger partial charge in [-0.25, -0.2) is 0 Å². The Morgan fingerprint density at radius 1 is 0.773 bits per heavy atom. The van der Waals surface area contributed by atoms with Crippen LogP contribution < -0.4 is 0 Å². The molecule has 2 aliphatic rings. The van der Waals surface area contributed by atoms with Gasteiger partial charge in [0.05, 0.1) is 24.9 Å². The summed E-state index contributed by atoms with van der Waals surface area (Å²) in [5.41, 5.74) is 0. The molecule has 2 heterocycles. The monoisotopic (exact) mass is 318 g/mol. The lowest BCUT2D eigenvalue weighted by molar-refractivity contribution is -0.00875. The van der Waals surface area contributed by atoms with Crippen molar-refractivity contribution in [2.24, 2.45) is 0 Å². The summed E-state index contributed by atoms with van der Waals surface area (Å²) in [5, 5.41) is 44.7. The Hall–Kier alpha value is -0.150. The lowest BCUT2D eigenvalue weighted by Gasteiger charge is -2.11. The van der Waals surface area contributed by atoms with Crippen LogP contribution in [0, 0.1) is 0 Å². The Morgan fingerprint density at radius 3 is 1.27 bits per heavy atom. The third kappa shape index (κ3) is 5.49. The molecule has 4 radical (unpaired) electrons. The predicted molar refractivity (Wildman–Crippen MR) is 83.7 cm³/mol. The number of hydrogen-bond acceptors (Lipinski definition) is 7. The van der Waals surface area contributed by atoms with E-state index in [1.807, 2.05) is 6.92 Å². The molecule has 5 N–H and O–H groups in total. The van der Waals surface area contributed by atoms with Gasteiger partial charge in [0.15, 0.2) is 0 Å². The first-order valence-corrected chi connectivity index (χ1v) is 6.48. The van der Waals surface area contributed by atoms with Gasteiger partial charge in [0.1, 0.15) is 34.0 Å². The normalized spacial score (nSPS) is 43.5. The molecule has 0 bridgehead atoms. The van der Waals surface area contributed by atoms with Crippen molar-refractivity contribution in [3.05, 3.63) is 0 Å². The summed E-state index contributed by atoms with van der Waals surface area (Å²) in [6.45, 7) is 1.55. The van der Waals surface area contributed by atoms with Crippen LogP contribution in [0.2, 0.25) is 0 Å². The van der Waals surface area contributed by atoms with Crippen molar-refractivity contribution < 1.29 is 35.0 Å². The van der Waals surface area contributed by atoms with E-state index in [2.05, 4.69) is 0 Å². The molecule has 7 nitrogen and oxygen atoms in total. The van der Waals surface area contributed by atoms with Gasteiger partial charge in [-0.2, -0.15) is 0 Å². The average Bonchev–Trinajstić information content (AvgIpc) is 2.84. The van der Waals surface area contributed by atoms with Gasteiger partial charge in [-0.15, -0.1) is 0 Å². The van der Waals surface area contributed by atoms with Crippen LogP contribution in [0.25, 0.3) is 0 Å². The molecule has 2 aliphatic heterocycles. The van der Waals surface area contributed by atoms with Gasteiger partial charge in [-0.1, -0.05) is 21.8 Å². The van der Waals surface area contributed by atoms with E-state index in [4.69, 9.17) is 45.6 Å². The minimum atomic E-state index is -1.09. The highest BCUT2D eigenvalue weighted by Gasteiger charge is 2.39. The molecule has 0 aromatic rings. The third-order valence-electron chi connectivity index (χ3n) is 3.38. The molecule has 2 rings (SSSR count). The van der Waals surface area contributed by atoms with Gasteiger partial charge in [0.2, 0.25) is 0 Å². The lowest BCUT2D eigenvalue weighted by Crippen LogP contribution is -2.33. The van der Waals surface area contributed by atoms with Gasteiger partial charge in [-0.3, -0.25) is 0 Å². The summed E-state index contributed by atoms with van der Waals surface area (Å²) >= 11 is 0. The Balaban J connectivity index is 0. The summed E-state index contributed by atoms with van der Waals surface area (Å²) in [4.78, 5) is 0. The van der Waals surface area contributed by atoms with Crippen LogP contribution >= 0.6 is 0 Å². The van der Waals surface area contributed by atoms with Crippen molar-refractivity contribution in [3.63, 3.8) is 0 Å². The van der Waals surface area contributed by atoms with Crippen LogP contribution in [-0.2, 0) is 9.47 Å². The number of ether oxygens (including phenoxy) is 2. The SMILES string of the molecule is C.C.[B][C@@H]1O[C@H](CC)[C@@H](O)[C@H]1O.[B][C@@H]1O[C@H](CO)[C@@H](O)[C@H]1O. The third-order valence-corrected chi connectivity index (χ3v) is 3.38. The first-order valence-electron chi connectivity index (χ1n) is 6.48. The molecular weight excluding hydrogens is 290 g/mol. The maximum atomic E-state index is 9.17. The van der Waals surface area contributed by atoms with Crippen LogP contribution in [0.5, 0.6) is 0 Å². The van der Waals surface area contributed by atoms with Gasteiger partial charge in [0, 0.05) is 12.0 Å². The van der Waals surface area contributed by atoms with Crippen molar-refractivity contribution in [1.29, 1.82) is 0 Å². The molecule has 0 aromatic heterocycles. The zero-order valence-electron chi connectivity index (χ0n) is 11.2. The van der Waals surface area contributed by atoms with Crippen LogP contribution in [0.4, 0.5) is 0 Å². The van der Waals surface area contributed by atoms with E-state index in [0.717, 1.165) is 0 Å². The molecule has 0 amide bonds. The molecule has 128 valence electrons. The van der Waals surface area contributed by atoms with Crippen molar-refractivity contribution in [2.75, 3.05) is 6.61 Å². The van der Waals surface area contributed by atoms with E-state index in [-0.39, 0.29) is 27.6 Å². The summed E-state index contributed by atoms with van der Waals surface area (Å²) in [7, 11) is 10.5. The molecule has 0 aliphatic carbocycles. The molecule has 0 saturated carbocycles. The highest BCUT2D eigenvalue weighted by Crippen LogP contribution is 2.21. The maximum absolute atomic E-state index is 9.17. The Bertz CT molecular complexity index is 270. The minimum Gasteiger partial charge on any atom is -0.394 e. The fourth-order valence-electron chi connectivity index (χ4n) is 2.04. The lowest BCUT2D eigenvalue weighted by atomic mass is 9.93. The Morgan fingerprint density at radius 2 is 1.14 bits per heavy atom. The second-order valence-corrected chi connectivity index (χ2v) is 4.83. The number of aliphatic hydroxyl groups excluding tert-OH is 5. The molecule has 9 heteroatoms. The number of aliphatic hydroxyl groups is 5. The fraction of sp³-hybridized carbons (Fsp3) is 1.00.